The lowest BCUT2D eigenvalue weighted by Gasteiger charge is -2.11. The molecule has 0 spiro atoms. The SMILES string of the molecule is O=C(O)c1cc(C(F)F)c(F)c(C(F)(F)F)n1. The molecule has 0 aliphatic rings. The van der Waals surface area contributed by atoms with E-state index in [2.05, 4.69) is 4.98 Å². The molecule has 0 fully saturated rings. The Hall–Kier alpha value is -1.80. The van der Waals surface area contributed by atoms with Gasteiger partial charge in [0.25, 0.3) is 6.43 Å². The number of halogens is 6. The van der Waals surface area contributed by atoms with Crippen LogP contribution in [0.15, 0.2) is 6.07 Å². The highest BCUT2D eigenvalue weighted by Gasteiger charge is 2.39. The van der Waals surface area contributed by atoms with Gasteiger partial charge in [-0.25, -0.2) is 22.9 Å². The monoisotopic (exact) mass is 259 g/mol. The minimum Gasteiger partial charge on any atom is -0.477 e. The van der Waals surface area contributed by atoms with E-state index in [1.807, 2.05) is 0 Å². The average molecular weight is 259 g/mol. The smallest absolute Gasteiger partial charge is 0.436 e. The number of hydrogen-bond acceptors (Lipinski definition) is 2. The summed E-state index contributed by atoms with van der Waals surface area (Å²) in [7, 11) is 0. The second-order valence-corrected chi connectivity index (χ2v) is 2.86. The van der Waals surface area contributed by atoms with Gasteiger partial charge in [-0.1, -0.05) is 0 Å². The number of pyridine rings is 1. The number of carboxylic acids is 1. The normalized spacial score (nSPS) is 11.9. The van der Waals surface area contributed by atoms with E-state index in [-0.39, 0.29) is 6.07 Å². The van der Waals surface area contributed by atoms with Crippen LogP contribution in [0.5, 0.6) is 0 Å². The summed E-state index contributed by atoms with van der Waals surface area (Å²) < 4.78 is 74.0. The third-order valence-corrected chi connectivity index (χ3v) is 1.71. The Balaban J connectivity index is 3.55. The van der Waals surface area contributed by atoms with Crippen LogP contribution >= 0.6 is 0 Å². The first-order chi connectivity index (χ1) is 7.64. The van der Waals surface area contributed by atoms with Crippen molar-refractivity contribution in [2.24, 2.45) is 0 Å². The zero-order valence-electron chi connectivity index (χ0n) is 7.73. The maximum Gasteiger partial charge on any atom is 0.436 e. The molecular weight excluding hydrogens is 256 g/mol. The standard InChI is InChI=1S/C8H3F6NO2/c9-4-2(6(10)11)1-3(7(16)17)15-5(4)8(12,13)14/h1,6H,(H,16,17). The molecule has 0 aliphatic carbocycles. The molecule has 0 saturated carbocycles. The van der Waals surface area contributed by atoms with Crippen LogP contribution in [0.2, 0.25) is 0 Å². The molecule has 0 atom stereocenters. The largest absolute Gasteiger partial charge is 0.477 e. The van der Waals surface area contributed by atoms with Crippen LogP contribution in [0.1, 0.15) is 28.2 Å². The molecule has 0 saturated heterocycles. The summed E-state index contributed by atoms with van der Waals surface area (Å²) in [6, 6.07) is 0.0670. The first kappa shape index (κ1) is 13.3. The quantitative estimate of drug-likeness (QED) is 0.831. The van der Waals surface area contributed by atoms with Crippen molar-refractivity contribution in [3.63, 3.8) is 0 Å². The van der Waals surface area contributed by atoms with Crippen LogP contribution in [-0.2, 0) is 6.18 Å². The van der Waals surface area contributed by atoms with Crippen molar-refractivity contribution in [3.05, 3.63) is 28.8 Å². The van der Waals surface area contributed by atoms with Crippen molar-refractivity contribution in [1.82, 2.24) is 4.98 Å². The molecule has 1 rings (SSSR count). The van der Waals surface area contributed by atoms with Crippen LogP contribution in [0.3, 0.4) is 0 Å². The van der Waals surface area contributed by atoms with Gasteiger partial charge < -0.3 is 5.11 Å². The minimum absolute atomic E-state index is 0.0670. The van der Waals surface area contributed by atoms with Gasteiger partial charge in [-0.2, -0.15) is 13.2 Å². The molecule has 0 amide bonds. The van der Waals surface area contributed by atoms with E-state index in [1.54, 1.807) is 0 Å². The second-order valence-electron chi connectivity index (χ2n) is 2.86. The van der Waals surface area contributed by atoms with Crippen molar-refractivity contribution in [2.45, 2.75) is 12.6 Å². The van der Waals surface area contributed by atoms with Gasteiger partial charge >= 0.3 is 12.1 Å². The lowest BCUT2D eigenvalue weighted by molar-refractivity contribution is -0.144. The van der Waals surface area contributed by atoms with Gasteiger partial charge in [0.05, 0.1) is 5.56 Å². The summed E-state index contributed by atoms with van der Waals surface area (Å²) in [5.74, 6) is -4.23. The Morgan fingerprint density at radius 2 is 1.88 bits per heavy atom. The van der Waals surface area contributed by atoms with Crippen molar-refractivity contribution in [1.29, 1.82) is 0 Å². The molecule has 1 aromatic heterocycles. The van der Waals surface area contributed by atoms with Crippen LogP contribution in [-0.4, -0.2) is 16.1 Å². The number of alkyl halides is 5. The molecule has 1 aromatic rings. The fourth-order valence-corrected chi connectivity index (χ4v) is 1.01. The number of rotatable bonds is 2. The first-order valence-electron chi connectivity index (χ1n) is 3.93. The van der Waals surface area contributed by atoms with Gasteiger partial charge in [-0.15, -0.1) is 0 Å². The fourth-order valence-electron chi connectivity index (χ4n) is 1.01. The Bertz CT molecular complexity index is 456. The molecule has 3 nitrogen and oxygen atoms in total. The van der Waals surface area contributed by atoms with Crippen LogP contribution in [0.4, 0.5) is 26.3 Å². The van der Waals surface area contributed by atoms with Crippen molar-refractivity contribution < 1.29 is 36.2 Å². The fraction of sp³-hybridized carbons (Fsp3) is 0.250. The van der Waals surface area contributed by atoms with Gasteiger partial charge in [0.1, 0.15) is 5.69 Å². The maximum atomic E-state index is 13.0. The molecule has 17 heavy (non-hydrogen) atoms. The number of aromatic carboxylic acids is 1. The summed E-state index contributed by atoms with van der Waals surface area (Å²) in [5.41, 5.74) is -5.22. The molecule has 1 N–H and O–H groups in total. The number of hydrogen-bond donors (Lipinski definition) is 1. The lowest BCUT2D eigenvalue weighted by atomic mass is 10.1. The van der Waals surface area contributed by atoms with E-state index in [0.29, 0.717) is 0 Å². The minimum atomic E-state index is -5.35. The number of carboxylic acid groups (broad SMARTS) is 1. The van der Waals surface area contributed by atoms with Crippen molar-refractivity contribution >= 4 is 5.97 Å². The zero-order valence-corrected chi connectivity index (χ0v) is 7.73. The Labute approximate surface area is 89.7 Å². The van der Waals surface area contributed by atoms with E-state index < -0.39 is 41.3 Å². The highest BCUT2D eigenvalue weighted by Crippen LogP contribution is 2.34. The van der Waals surface area contributed by atoms with Crippen LogP contribution in [0.25, 0.3) is 0 Å². The van der Waals surface area contributed by atoms with E-state index in [1.165, 1.54) is 0 Å². The molecule has 0 aliphatic heterocycles. The Morgan fingerprint density at radius 1 is 1.35 bits per heavy atom. The zero-order chi connectivity index (χ0) is 13.4. The highest BCUT2D eigenvalue weighted by molar-refractivity contribution is 5.85. The molecule has 94 valence electrons. The molecular formula is C8H3F6NO2. The summed E-state index contributed by atoms with van der Waals surface area (Å²) in [5, 5.41) is 8.37. The van der Waals surface area contributed by atoms with Gasteiger partial charge in [-0.3, -0.25) is 0 Å². The molecule has 0 unspecified atom stereocenters. The van der Waals surface area contributed by atoms with E-state index in [9.17, 15) is 31.1 Å². The van der Waals surface area contributed by atoms with E-state index in [0.717, 1.165) is 0 Å². The van der Waals surface area contributed by atoms with E-state index >= 15 is 0 Å². The van der Waals surface area contributed by atoms with Gasteiger partial charge in [-0.05, 0) is 6.07 Å². The van der Waals surface area contributed by atoms with Gasteiger partial charge in [0.15, 0.2) is 11.5 Å². The topological polar surface area (TPSA) is 50.2 Å². The first-order valence-corrected chi connectivity index (χ1v) is 3.93. The van der Waals surface area contributed by atoms with Crippen molar-refractivity contribution in [3.8, 4) is 0 Å². The third-order valence-electron chi connectivity index (χ3n) is 1.71. The predicted molar refractivity (Wildman–Crippen MR) is 41.1 cm³/mol. The van der Waals surface area contributed by atoms with Gasteiger partial charge in [0.2, 0.25) is 0 Å². The summed E-state index contributed by atoms with van der Waals surface area (Å²) in [4.78, 5) is 12.8. The molecule has 0 radical (unpaired) electrons. The molecule has 0 aromatic carbocycles. The molecule has 1 heterocycles. The highest BCUT2D eigenvalue weighted by atomic mass is 19.4. The number of aromatic nitrogens is 1. The number of carbonyl (C=O) groups is 1. The van der Waals surface area contributed by atoms with Crippen LogP contribution in [0, 0.1) is 5.82 Å². The summed E-state index contributed by atoms with van der Waals surface area (Å²) in [6.45, 7) is 0. The predicted octanol–water partition coefficient (Wildman–Crippen LogP) is 2.88. The summed E-state index contributed by atoms with van der Waals surface area (Å²) in [6.07, 6.45) is -8.92. The Kier molecular flexibility index (Phi) is 3.30. The maximum absolute atomic E-state index is 13.0. The third kappa shape index (κ3) is 2.66. The number of nitrogens with zero attached hydrogens (tertiary/aromatic N) is 1. The van der Waals surface area contributed by atoms with Crippen LogP contribution < -0.4 is 0 Å². The van der Waals surface area contributed by atoms with Gasteiger partial charge in [0, 0.05) is 0 Å². The molecule has 9 heteroatoms. The Morgan fingerprint density at radius 3 is 2.24 bits per heavy atom. The second kappa shape index (κ2) is 4.22. The van der Waals surface area contributed by atoms with Crippen molar-refractivity contribution in [2.75, 3.05) is 0 Å². The lowest BCUT2D eigenvalue weighted by Crippen LogP contribution is -2.16. The van der Waals surface area contributed by atoms with E-state index in [4.69, 9.17) is 5.11 Å². The summed E-state index contributed by atoms with van der Waals surface area (Å²) >= 11 is 0. The average Bonchev–Trinajstić information content (AvgIpc) is 2.15. The molecule has 0 bridgehead atoms.